The monoisotopic (exact) mass is 241 g/mol. The predicted molar refractivity (Wildman–Crippen MR) is 60.8 cm³/mol. The molecule has 0 saturated carbocycles. The smallest absolute Gasteiger partial charge is 0.194 e. The number of nitrogens with one attached hydrogen (secondary N) is 1. The average Bonchev–Trinajstić information content (AvgIpc) is 2.31. The van der Waals surface area contributed by atoms with Crippen LogP contribution in [0, 0.1) is 29.8 Å². The van der Waals surface area contributed by atoms with Gasteiger partial charge in [0.1, 0.15) is 0 Å². The molecule has 4 heteroatoms. The van der Waals surface area contributed by atoms with Crippen LogP contribution in [0.4, 0.5) is 13.2 Å². The van der Waals surface area contributed by atoms with Crippen molar-refractivity contribution >= 4 is 0 Å². The summed E-state index contributed by atoms with van der Waals surface area (Å²) in [7, 11) is 1.68. The molecule has 1 N–H and O–H groups in total. The largest absolute Gasteiger partial charge is 0.313 e. The van der Waals surface area contributed by atoms with Crippen LogP contribution in [0.1, 0.15) is 30.9 Å². The summed E-state index contributed by atoms with van der Waals surface area (Å²) >= 11 is 0. The summed E-state index contributed by atoms with van der Waals surface area (Å²) in [6, 6.07) is 1.79. The van der Waals surface area contributed by atoms with E-state index in [2.05, 4.69) is 11.2 Å². The molecule has 1 unspecified atom stereocenters. The van der Waals surface area contributed by atoms with Crippen LogP contribution in [-0.2, 0) is 0 Å². The van der Waals surface area contributed by atoms with E-state index in [1.165, 1.54) is 0 Å². The number of benzene rings is 1. The molecule has 1 nitrogen and oxygen atoms in total. The van der Waals surface area contributed by atoms with E-state index in [1.807, 2.05) is 0 Å². The standard InChI is InChI=1S/C13H14F3N/c1-3-4-5-6-12(17-2)9-7-10(14)13(16)11(15)8-9/h1,7-8,12,17H,4-6H2,2H3. The van der Waals surface area contributed by atoms with Gasteiger partial charge in [0.2, 0.25) is 0 Å². The maximum Gasteiger partial charge on any atom is 0.194 e. The lowest BCUT2D eigenvalue weighted by molar-refractivity contribution is 0.438. The molecule has 0 aliphatic heterocycles. The van der Waals surface area contributed by atoms with E-state index in [9.17, 15) is 13.2 Å². The summed E-state index contributed by atoms with van der Waals surface area (Å²) in [6.45, 7) is 0. The molecule has 0 amide bonds. The van der Waals surface area contributed by atoms with Crippen LogP contribution in [0.15, 0.2) is 12.1 Å². The number of rotatable bonds is 5. The Bertz CT molecular complexity index is 400. The van der Waals surface area contributed by atoms with E-state index < -0.39 is 17.5 Å². The van der Waals surface area contributed by atoms with Crippen molar-refractivity contribution in [1.29, 1.82) is 0 Å². The van der Waals surface area contributed by atoms with Gasteiger partial charge in [0.15, 0.2) is 17.5 Å². The third-order valence-electron chi connectivity index (χ3n) is 2.57. The first-order chi connectivity index (χ1) is 8.10. The minimum atomic E-state index is -1.44. The van der Waals surface area contributed by atoms with Crippen molar-refractivity contribution in [3.8, 4) is 12.3 Å². The van der Waals surface area contributed by atoms with Gasteiger partial charge in [-0.25, -0.2) is 13.2 Å². The Balaban J connectivity index is 2.85. The molecule has 92 valence electrons. The highest BCUT2D eigenvalue weighted by atomic mass is 19.2. The second kappa shape index (κ2) is 6.31. The SMILES string of the molecule is C#CCCCC(NC)c1cc(F)c(F)c(F)c1. The topological polar surface area (TPSA) is 12.0 Å². The highest BCUT2D eigenvalue weighted by molar-refractivity contribution is 5.22. The fraction of sp³-hybridized carbons (Fsp3) is 0.385. The Labute approximate surface area is 99.0 Å². The molecule has 0 heterocycles. The Morgan fingerprint density at radius 3 is 2.35 bits per heavy atom. The zero-order chi connectivity index (χ0) is 12.8. The fourth-order valence-corrected chi connectivity index (χ4v) is 1.66. The van der Waals surface area contributed by atoms with Gasteiger partial charge in [-0.05, 0) is 37.6 Å². The van der Waals surface area contributed by atoms with Crippen LogP contribution in [-0.4, -0.2) is 7.05 Å². The summed E-state index contributed by atoms with van der Waals surface area (Å²) in [5.74, 6) is -1.28. The van der Waals surface area contributed by atoms with Crippen LogP contribution >= 0.6 is 0 Å². The van der Waals surface area contributed by atoms with Crippen molar-refractivity contribution < 1.29 is 13.2 Å². The fourth-order valence-electron chi connectivity index (χ4n) is 1.66. The van der Waals surface area contributed by atoms with E-state index in [0.29, 0.717) is 18.4 Å². The van der Waals surface area contributed by atoms with Crippen LogP contribution < -0.4 is 5.32 Å². The molecule has 0 radical (unpaired) electrons. The lowest BCUT2D eigenvalue weighted by atomic mass is 10.0. The molecule has 0 aliphatic carbocycles. The number of hydrogen-bond acceptors (Lipinski definition) is 1. The molecule has 0 bridgehead atoms. The van der Waals surface area contributed by atoms with E-state index in [4.69, 9.17) is 6.42 Å². The molecule has 0 fully saturated rings. The van der Waals surface area contributed by atoms with Gasteiger partial charge in [-0.3, -0.25) is 0 Å². The minimum Gasteiger partial charge on any atom is -0.313 e. The van der Waals surface area contributed by atoms with Gasteiger partial charge in [-0.15, -0.1) is 12.3 Å². The van der Waals surface area contributed by atoms with Crippen molar-refractivity contribution in [1.82, 2.24) is 5.32 Å². The first kappa shape index (κ1) is 13.6. The number of halogens is 3. The first-order valence-electron chi connectivity index (χ1n) is 5.35. The van der Waals surface area contributed by atoms with Gasteiger partial charge >= 0.3 is 0 Å². The molecular formula is C13H14F3N. The molecule has 1 rings (SSSR count). The molecule has 1 aromatic rings. The van der Waals surface area contributed by atoms with Crippen molar-refractivity contribution in [2.45, 2.75) is 25.3 Å². The van der Waals surface area contributed by atoms with Crippen molar-refractivity contribution in [3.05, 3.63) is 35.1 Å². The second-order valence-electron chi connectivity index (χ2n) is 3.74. The van der Waals surface area contributed by atoms with Gasteiger partial charge in [-0.2, -0.15) is 0 Å². The third kappa shape index (κ3) is 3.50. The zero-order valence-corrected chi connectivity index (χ0v) is 9.56. The first-order valence-corrected chi connectivity index (χ1v) is 5.35. The normalized spacial score (nSPS) is 12.2. The van der Waals surface area contributed by atoms with E-state index in [-0.39, 0.29) is 6.04 Å². The van der Waals surface area contributed by atoms with Gasteiger partial charge in [0.05, 0.1) is 0 Å². The molecular weight excluding hydrogens is 227 g/mol. The molecule has 0 spiro atoms. The van der Waals surface area contributed by atoms with E-state index >= 15 is 0 Å². The number of unbranched alkanes of at least 4 members (excludes halogenated alkanes) is 1. The maximum absolute atomic E-state index is 13.0. The summed E-state index contributed by atoms with van der Waals surface area (Å²) in [5.41, 5.74) is 0.390. The van der Waals surface area contributed by atoms with Gasteiger partial charge in [0.25, 0.3) is 0 Å². The van der Waals surface area contributed by atoms with E-state index in [1.54, 1.807) is 7.05 Å². The highest BCUT2D eigenvalue weighted by Crippen LogP contribution is 2.22. The minimum absolute atomic E-state index is 0.229. The molecule has 0 saturated heterocycles. The number of hydrogen-bond donors (Lipinski definition) is 1. The Kier molecular flexibility index (Phi) is 5.05. The van der Waals surface area contributed by atoms with Gasteiger partial charge in [-0.1, -0.05) is 0 Å². The molecule has 0 aliphatic rings. The Morgan fingerprint density at radius 2 is 1.88 bits per heavy atom. The molecule has 1 aromatic carbocycles. The van der Waals surface area contributed by atoms with Gasteiger partial charge in [0, 0.05) is 12.5 Å². The van der Waals surface area contributed by atoms with Crippen LogP contribution in [0.5, 0.6) is 0 Å². The highest BCUT2D eigenvalue weighted by Gasteiger charge is 2.15. The lowest BCUT2D eigenvalue weighted by Gasteiger charge is -2.16. The Morgan fingerprint density at radius 1 is 1.29 bits per heavy atom. The van der Waals surface area contributed by atoms with Gasteiger partial charge < -0.3 is 5.32 Å². The van der Waals surface area contributed by atoms with E-state index in [0.717, 1.165) is 18.6 Å². The maximum atomic E-state index is 13.0. The lowest BCUT2D eigenvalue weighted by Crippen LogP contribution is -2.17. The van der Waals surface area contributed by atoms with Crippen molar-refractivity contribution in [2.24, 2.45) is 0 Å². The van der Waals surface area contributed by atoms with Crippen molar-refractivity contribution in [3.63, 3.8) is 0 Å². The predicted octanol–water partition coefficient (Wildman–Crippen LogP) is 3.17. The van der Waals surface area contributed by atoms with Crippen molar-refractivity contribution in [2.75, 3.05) is 7.05 Å². The van der Waals surface area contributed by atoms with Crippen LogP contribution in [0.2, 0.25) is 0 Å². The second-order valence-corrected chi connectivity index (χ2v) is 3.74. The quantitative estimate of drug-likeness (QED) is 0.474. The summed E-state index contributed by atoms with van der Waals surface area (Å²) in [6.07, 6.45) is 7.11. The summed E-state index contributed by atoms with van der Waals surface area (Å²) < 4.78 is 38.9. The summed E-state index contributed by atoms with van der Waals surface area (Å²) in [4.78, 5) is 0. The van der Waals surface area contributed by atoms with Crippen LogP contribution in [0.25, 0.3) is 0 Å². The summed E-state index contributed by atoms with van der Waals surface area (Å²) in [5, 5.41) is 2.93. The zero-order valence-electron chi connectivity index (χ0n) is 9.56. The Hall–Kier alpha value is -1.47. The third-order valence-corrected chi connectivity index (χ3v) is 2.57. The molecule has 1 atom stereocenters. The number of terminal acetylenes is 1. The molecule has 17 heavy (non-hydrogen) atoms. The average molecular weight is 241 g/mol. The van der Waals surface area contributed by atoms with Crippen LogP contribution in [0.3, 0.4) is 0 Å². The molecule has 0 aromatic heterocycles.